The first-order valence-corrected chi connectivity index (χ1v) is 8.23. The maximum absolute atomic E-state index is 13.5. The van der Waals surface area contributed by atoms with Crippen LogP contribution in [-0.4, -0.2) is 24.5 Å². The topological polar surface area (TPSA) is 29.3 Å². The average molecular weight is 343 g/mol. The molecule has 0 amide bonds. The zero-order chi connectivity index (χ0) is 14.8. The Morgan fingerprint density at radius 3 is 2.65 bits per heavy atom. The largest absolute Gasteiger partial charge is 0.329 e. The lowest BCUT2D eigenvalue weighted by Gasteiger charge is -2.31. The van der Waals surface area contributed by atoms with Crippen molar-refractivity contribution in [2.45, 2.75) is 39.2 Å². The van der Waals surface area contributed by atoms with Gasteiger partial charge in [-0.05, 0) is 55.0 Å². The van der Waals surface area contributed by atoms with E-state index >= 15 is 0 Å². The van der Waals surface area contributed by atoms with Gasteiger partial charge in [0, 0.05) is 23.6 Å². The minimum absolute atomic E-state index is 0.0973. The van der Waals surface area contributed by atoms with Crippen LogP contribution in [0.4, 0.5) is 4.39 Å². The fourth-order valence-corrected chi connectivity index (χ4v) is 3.82. The minimum atomic E-state index is -0.196. The molecular formula is C16H24BrFN2. The van der Waals surface area contributed by atoms with Crippen LogP contribution in [0.1, 0.15) is 44.7 Å². The van der Waals surface area contributed by atoms with E-state index in [4.69, 9.17) is 5.73 Å². The summed E-state index contributed by atoms with van der Waals surface area (Å²) >= 11 is 3.53. The van der Waals surface area contributed by atoms with Crippen molar-refractivity contribution in [3.8, 4) is 0 Å². The van der Waals surface area contributed by atoms with Crippen LogP contribution < -0.4 is 5.73 Å². The molecule has 1 atom stereocenters. The highest BCUT2D eigenvalue weighted by Crippen LogP contribution is 2.41. The summed E-state index contributed by atoms with van der Waals surface area (Å²) in [7, 11) is 0. The van der Waals surface area contributed by atoms with Crippen LogP contribution in [0.3, 0.4) is 0 Å². The summed E-state index contributed by atoms with van der Waals surface area (Å²) in [5.74, 6) is -0.196. The summed E-state index contributed by atoms with van der Waals surface area (Å²) in [6.45, 7) is 7.16. The van der Waals surface area contributed by atoms with Gasteiger partial charge in [0.1, 0.15) is 5.82 Å². The van der Waals surface area contributed by atoms with E-state index in [0.717, 1.165) is 23.1 Å². The first-order valence-electron chi connectivity index (χ1n) is 7.44. The number of likely N-dealkylation sites (tertiary alicyclic amines) is 1. The molecule has 4 heteroatoms. The molecule has 0 saturated carbocycles. The molecule has 2 N–H and O–H groups in total. The summed E-state index contributed by atoms with van der Waals surface area (Å²) in [4.78, 5) is 2.42. The van der Waals surface area contributed by atoms with Gasteiger partial charge >= 0.3 is 0 Å². The highest BCUT2D eigenvalue weighted by Gasteiger charge is 2.38. The fourth-order valence-electron chi connectivity index (χ4n) is 3.31. The van der Waals surface area contributed by atoms with Gasteiger partial charge in [-0.1, -0.05) is 29.8 Å². The van der Waals surface area contributed by atoms with Crippen molar-refractivity contribution in [2.75, 3.05) is 19.6 Å². The van der Waals surface area contributed by atoms with Crippen molar-refractivity contribution in [1.29, 1.82) is 0 Å². The second-order valence-corrected chi connectivity index (χ2v) is 6.70. The number of rotatable bonds is 5. The van der Waals surface area contributed by atoms with E-state index in [-0.39, 0.29) is 11.9 Å². The lowest BCUT2D eigenvalue weighted by atomic mass is 9.82. The smallest absolute Gasteiger partial charge is 0.123 e. The van der Waals surface area contributed by atoms with Crippen LogP contribution in [-0.2, 0) is 0 Å². The van der Waals surface area contributed by atoms with Crippen molar-refractivity contribution >= 4 is 15.9 Å². The number of halogens is 2. The van der Waals surface area contributed by atoms with Crippen LogP contribution in [0.25, 0.3) is 0 Å². The number of hydrogen-bond acceptors (Lipinski definition) is 2. The summed E-state index contributed by atoms with van der Waals surface area (Å²) in [6, 6.07) is 4.96. The average Bonchev–Trinajstić information content (AvgIpc) is 2.88. The van der Waals surface area contributed by atoms with E-state index in [1.807, 2.05) is 0 Å². The van der Waals surface area contributed by atoms with E-state index < -0.39 is 0 Å². The van der Waals surface area contributed by atoms with Gasteiger partial charge in [-0.2, -0.15) is 0 Å². The molecule has 1 aliphatic rings. The third-order valence-electron chi connectivity index (χ3n) is 4.95. The Hall–Kier alpha value is -0.450. The molecule has 0 radical (unpaired) electrons. The Balaban J connectivity index is 2.23. The minimum Gasteiger partial charge on any atom is -0.329 e. The molecule has 1 heterocycles. The second-order valence-electron chi connectivity index (χ2n) is 5.84. The Kier molecular flexibility index (Phi) is 5.21. The van der Waals surface area contributed by atoms with Crippen molar-refractivity contribution in [3.05, 3.63) is 34.1 Å². The van der Waals surface area contributed by atoms with Gasteiger partial charge in [0.25, 0.3) is 0 Å². The number of nitrogens with zero attached hydrogens (tertiary/aromatic N) is 1. The Morgan fingerprint density at radius 1 is 1.40 bits per heavy atom. The molecule has 0 aliphatic carbocycles. The number of hydrogen-bond donors (Lipinski definition) is 1. The van der Waals surface area contributed by atoms with E-state index in [0.29, 0.717) is 12.0 Å². The van der Waals surface area contributed by atoms with E-state index in [1.54, 1.807) is 12.1 Å². The molecule has 1 fully saturated rings. The lowest BCUT2D eigenvalue weighted by molar-refractivity contribution is 0.197. The molecule has 1 unspecified atom stereocenters. The van der Waals surface area contributed by atoms with E-state index in [1.165, 1.54) is 25.3 Å². The molecule has 0 bridgehead atoms. The van der Waals surface area contributed by atoms with Gasteiger partial charge in [0.05, 0.1) is 0 Å². The molecule has 0 spiro atoms. The zero-order valence-corrected chi connectivity index (χ0v) is 13.9. The monoisotopic (exact) mass is 342 g/mol. The van der Waals surface area contributed by atoms with Crippen molar-refractivity contribution in [1.82, 2.24) is 4.90 Å². The molecular weight excluding hydrogens is 319 g/mol. The second kappa shape index (κ2) is 6.54. The Labute approximate surface area is 129 Å². The van der Waals surface area contributed by atoms with E-state index in [9.17, 15) is 4.39 Å². The standard InChI is InChI=1S/C16H24BrFN2/c1-3-16(4-2)7-8-20(11-16)15(10-19)13-9-12(18)5-6-14(13)17/h5-6,9,15H,3-4,7-8,10-11,19H2,1-2H3. The highest BCUT2D eigenvalue weighted by atomic mass is 79.9. The molecule has 2 rings (SSSR count). The van der Waals surface area contributed by atoms with Crippen LogP contribution in [0.5, 0.6) is 0 Å². The molecule has 112 valence electrons. The van der Waals surface area contributed by atoms with Gasteiger partial charge in [-0.15, -0.1) is 0 Å². The maximum atomic E-state index is 13.5. The third kappa shape index (κ3) is 3.07. The molecule has 20 heavy (non-hydrogen) atoms. The predicted octanol–water partition coefficient (Wildman–Crippen LogP) is 4.10. The molecule has 0 aromatic heterocycles. The van der Waals surface area contributed by atoms with E-state index in [2.05, 4.69) is 34.7 Å². The van der Waals surface area contributed by atoms with Gasteiger partial charge in [0.15, 0.2) is 0 Å². The lowest BCUT2D eigenvalue weighted by Crippen LogP contribution is -2.34. The normalized spacial score (nSPS) is 20.2. The maximum Gasteiger partial charge on any atom is 0.123 e. The number of benzene rings is 1. The molecule has 1 saturated heterocycles. The first kappa shape index (κ1) is 15.9. The van der Waals surface area contributed by atoms with Crippen molar-refractivity contribution in [2.24, 2.45) is 11.1 Å². The molecule has 1 aromatic carbocycles. The summed E-state index contributed by atoms with van der Waals surface area (Å²) in [5, 5.41) is 0. The molecule has 1 aliphatic heterocycles. The SMILES string of the molecule is CCC1(CC)CCN(C(CN)c2cc(F)ccc2Br)C1. The molecule has 1 aromatic rings. The highest BCUT2D eigenvalue weighted by molar-refractivity contribution is 9.10. The van der Waals surface area contributed by atoms with Crippen molar-refractivity contribution < 1.29 is 4.39 Å². The van der Waals surface area contributed by atoms with Gasteiger partial charge in [-0.25, -0.2) is 4.39 Å². The van der Waals surface area contributed by atoms with Crippen LogP contribution in [0, 0.1) is 11.2 Å². The van der Waals surface area contributed by atoms with Crippen LogP contribution in [0.2, 0.25) is 0 Å². The predicted molar refractivity (Wildman–Crippen MR) is 85.1 cm³/mol. The number of nitrogens with two attached hydrogens (primary N) is 1. The summed E-state index contributed by atoms with van der Waals surface area (Å²) < 4.78 is 14.5. The van der Waals surface area contributed by atoms with Crippen LogP contribution in [0.15, 0.2) is 22.7 Å². The zero-order valence-electron chi connectivity index (χ0n) is 12.3. The third-order valence-corrected chi connectivity index (χ3v) is 5.67. The fraction of sp³-hybridized carbons (Fsp3) is 0.625. The quantitative estimate of drug-likeness (QED) is 0.872. The summed E-state index contributed by atoms with van der Waals surface area (Å²) in [6.07, 6.45) is 3.60. The molecule has 2 nitrogen and oxygen atoms in total. The summed E-state index contributed by atoms with van der Waals surface area (Å²) in [5.41, 5.74) is 7.37. The Morgan fingerprint density at radius 2 is 2.10 bits per heavy atom. The first-order chi connectivity index (χ1) is 9.55. The Bertz CT molecular complexity index is 460. The van der Waals surface area contributed by atoms with Crippen LogP contribution >= 0.6 is 15.9 Å². The van der Waals surface area contributed by atoms with Gasteiger partial charge < -0.3 is 5.73 Å². The van der Waals surface area contributed by atoms with Gasteiger partial charge in [-0.3, -0.25) is 4.90 Å². The van der Waals surface area contributed by atoms with Crippen molar-refractivity contribution in [3.63, 3.8) is 0 Å². The van der Waals surface area contributed by atoms with Gasteiger partial charge in [0.2, 0.25) is 0 Å².